The van der Waals surface area contributed by atoms with E-state index in [9.17, 15) is 14.4 Å². The second kappa shape index (κ2) is 6.51. The van der Waals surface area contributed by atoms with E-state index in [1.165, 1.54) is 11.8 Å². The monoisotopic (exact) mass is 336 g/mol. The molecule has 2 aromatic carbocycles. The van der Waals surface area contributed by atoms with Crippen molar-refractivity contribution in [3.63, 3.8) is 0 Å². The summed E-state index contributed by atoms with van der Waals surface area (Å²) in [6.45, 7) is 5.27. The summed E-state index contributed by atoms with van der Waals surface area (Å²) in [4.78, 5) is 38.1. The van der Waals surface area contributed by atoms with Crippen molar-refractivity contribution in [2.24, 2.45) is 0 Å². The van der Waals surface area contributed by atoms with Crippen LogP contribution in [0.5, 0.6) is 0 Å². The van der Waals surface area contributed by atoms with Gasteiger partial charge in [-0.1, -0.05) is 30.3 Å². The molecular weight excluding hydrogens is 316 g/mol. The number of amides is 2. The molecule has 0 spiro atoms. The number of rotatable bonds is 4. The Morgan fingerprint density at radius 2 is 1.72 bits per heavy atom. The quantitative estimate of drug-likeness (QED) is 0.687. The number of para-hydroxylation sites is 1. The van der Waals surface area contributed by atoms with Crippen LogP contribution in [0.3, 0.4) is 0 Å². The summed E-state index contributed by atoms with van der Waals surface area (Å²) in [5.74, 6) is -0.534. The Bertz CT molecular complexity index is 853. The van der Waals surface area contributed by atoms with Crippen LogP contribution in [0.2, 0.25) is 0 Å². The lowest BCUT2D eigenvalue weighted by molar-refractivity contribution is -0.121. The molecule has 1 heterocycles. The Morgan fingerprint density at radius 3 is 2.36 bits per heavy atom. The van der Waals surface area contributed by atoms with Crippen LogP contribution in [-0.2, 0) is 9.59 Å². The van der Waals surface area contributed by atoms with Gasteiger partial charge in [-0.2, -0.15) is 0 Å². The van der Waals surface area contributed by atoms with Crippen molar-refractivity contribution >= 4 is 29.0 Å². The molecule has 0 radical (unpaired) electrons. The number of nitrogens with zero attached hydrogens (tertiary/aromatic N) is 1. The average molecular weight is 336 g/mol. The van der Waals surface area contributed by atoms with E-state index in [0.29, 0.717) is 16.9 Å². The van der Waals surface area contributed by atoms with E-state index in [4.69, 9.17) is 0 Å². The van der Waals surface area contributed by atoms with Gasteiger partial charge in [-0.25, -0.2) is 4.90 Å². The number of ketones is 1. The highest BCUT2D eigenvalue weighted by molar-refractivity contribution is 6.23. The van der Waals surface area contributed by atoms with Crippen LogP contribution < -0.4 is 10.2 Å². The number of nitrogens with one attached hydrogen (secondary N) is 1. The van der Waals surface area contributed by atoms with E-state index in [1.54, 1.807) is 24.3 Å². The lowest BCUT2D eigenvalue weighted by Gasteiger charge is -2.20. The lowest BCUT2D eigenvalue weighted by atomic mass is 10.1. The Hall–Kier alpha value is -2.95. The van der Waals surface area contributed by atoms with E-state index in [1.807, 2.05) is 32.0 Å². The van der Waals surface area contributed by atoms with E-state index < -0.39 is 6.04 Å². The van der Waals surface area contributed by atoms with Crippen LogP contribution in [0.1, 0.15) is 34.8 Å². The van der Waals surface area contributed by atoms with E-state index in [0.717, 1.165) is 11.1 Å². The van der Waals surface area contributed by atoms with E-state index >= 15 is 0 Å². The van der Waals surface area contributed by atoms with Crippen molar-refractivity contribution in [1.29, 1.82) is 0 Å². The van der Waals surface area contributed by atoms with Crippen LogP contribution in [-0.4, -0.2) is 23.6 Å². The van der Waals surface area contributed by atoms with Crippen molar-refractivity contribution in [3.05, 3.63) is 59.2 Å². The van der Waals surface area contributed by atoms with Crippen LogP contribution in [0, 0.1) is 13.8 Å². The molecular formula is C20H20N2O3. The van der Waals surface area contributed by atoms with Gasteiger partial charge in [0.05, 0.1) is 12.1 Å². The zero-order valence-electron chi connectivity index (χ0n) is 14.5. The number of carbonyl (C=O) groups excluding carboxylic acids is 3. The number of carbonyl (C=O) groups is 3. The Kier molecular flexibility index (Phi) is 4.40. The van der Waals surface area contributed by atoms with Crippen molar-refractivity contribution in [3.8, 4) is 0 Å². The highest BCUT2D eigenvalue weighted by atomic mass is 16.2. The highest BCUT2D eigenvalue weighted by Gasteiger charge is 2.40. The fourth-order valence-corrected chi connectivity index (χ4v) is 3.17. The molecule has 1 aliphatic heterocycles. The number of hydrogen-bond acceptors (Lipinski definition) is 4. The number of imide groups is 1. The molecule has 5 heteroatoms. The maximum Gasteiger partial charge on any atom is 0.256 e. The van der Waals surface area contributed by atoms with Gasteiger partial charge in [0.15, 0.2) is 5.78 Å². The lowest BCUT2D eigenvalue weighted by Crippen LogP contribution is -2.35. The molecule has 3 rings (SSSR count). The SMILES string of the molecule is CC(=O)c1cccc(N[C@H]2CC(=O)N(c3c(C)cccc3C)C2=O)c1. The molecule has 1 saturated heterocycles. The van der Waals surface area contributed by atoms with Crippen LogP contribution in [0.25, 0.3) is 0 Å². The predicted octanol–water partition coefficient (Wildman–Crippen LogP) is 3.25. The largest absolute Gasteiger partial charge is 0.373 e. The first-order valence-electron chi connectivity index (χ1n) is 8.19. The topological polar surface area (TPSA) is 66.5 Å². The third kappa shape index (κ3) is 3.18. The average Bonchev–Trinajstić information content (AvgIpc) is 2.82. The van der Waals surface area contributed by atoms with Crippen molar-refractivity contribution < 1.29 is 14.4 Å². The zero-order valence-corrected chi connectivity index (χ0v) is 14.5. The summed E-state index contributed by atoms with van der Waals surface area (Å²) < 4.78 is 0. The molecule has 1 atom stereocenters. The van der Waals surface area contributed by atoms with Gasteiger partial charge in [0.25, 0.3) is 5.91 Å². The molecule has 0 aliphatic carbocycles. The standard InChI is InChI=1S/C20H20N2O3/c1-12-6-4-7-13(2)19(12)22-18(24)11-17(20(22)25)21-16-9-5-8-15(10-16)14(3)23/h4-10,17,21H,11H2,1-3H3/t17-/m0/s1. The van der Waals surface area contributed by atoms with E-state index in [-0.39, 0.29) is 24.0 Å². The summed E-state index contributed by atoms with van der Waals surface area (Å²) in [5, 5.41) is 3.09. The Morgan fingerprint density at radius 1 is 1.08 bits per heavy atom. The highest BCUT2D eigenvalue weighted by Crippen LogP contribution is 2.30. The van der Waals surface area contributed by atoms with Gasteiger partial charge in [0.1, 0.15) is 6.04 Å². The van der Waals surface area contributed by atoms with Gasteiger partial charge < -0.3 is 5.32 Å². The molecule has 0 bridgehead atoms. The molecule has 0 aromatic heterocycles. The van der Waals surface area contributed by atoms with Crippen molar-refractivity contribution in [2.75, 3.05) is 10.2 Å². The zero-order chi connectivity index (χ0) is 18.1. The van der Waals surface area contributed by atoms with Gasteiger partial charge in [-0.15, -0.1) is 0 Å². The number of anilines is 2. The first-order chi connectivity index (χ1) is 11.9. The van der Waals surface area contributed by atoms with Gasteiger partial charge in [-0.3, -0.25) is 14.4 Å². The predicted molar refractivity (Wildman–Crippen MR) is 96.9 cm³/mol. The van der Waals surface area contributed by atoms with Crippen molar-refractivity contribution in [2.45, 2.75) is 33.2 Å². The van der Waals surface area contributed by atoms with Gasteiger partial charge in [-0.05, 0) is 44.0 Å². The first-order valence-corrected chi connectivity index (χ1v) is 8.19. The summed E-state index contributed by atoms with van der Waals surface area (Å²) in [6.07, 6.45) is 0.0942. The molecule has 0 unspecified atom stereocenters. The third-order valence-electron chi connectivity index (χ3n) is 4.42. The normalized spacial score (nSPS) is 17.1. The second-order valence-corrected chi connectivity index (χ2v) is 6.35. The number of aryl methyl sites for hydroxylation is 2. The van der Waals surface area contributed by atoms with Gasteiger partial charge in [0.2, 0.25) is 5.91 Å². The fourth-order valence-electron chi connectivity index (χ4n) is 3.17. The summed E-state index contributed by atoms with van der Waals surface area (Å²) in [7, 11) is 0. The van der Waals surface area contributed by atoms with Crippen LogP contribution in [0.4, 0.5) is 11.4 Å². The minimum Gasteiger partial charge on any atom is -0.373 e. The molecule has 1 fully saturated rings. The second-order valence-electron chi connectivity index (χ2n) is 6.35. The summed E-state index contributed by atoms with van der Waals surface area (Å²) in [6, 6.07) is 12.0. The minimum absolute atomic E-state index is 0.0466. The van der Waals surface area contributed by atoms with Crippen LogP contribution >= 0.6 is 0 Å². The molecule has 1 aliphatic rings. The maximum absolute atomic E-state index is 12.8. The molecule has 2 aromatic rings. The fraction of sp³-hybridized carbons (Fsp3) is 0.250. The Balaban J connectivity index is 1.87. The molecule has 1 N–H and O–H groups in total. The van der Waals surface area contributed by atoms with Gasteiger partial charge >= 0.3 is 0 Å². The molecule has 0 saturated carbocycles. The minimum atomic E-state index is -0.631. The van der Waals surface area contributed by atoms with E-state index in [2.05, 4.69) is 5.32 Å². The summed E-state index contributed by atoms with van der Waals surface area (Å²) >= 11 is 0. The maximum atomic E-state index is 12.8. The molecule has 2 amide bonds. The molecule has 128 valence electrons. The molecule has 5 nitrogen and oxygen atoms in total. The number of benzene rings is 2. The smallest absolute Gasteiger partial charge is 0.256 e. The number of Topliss-reactive ketones (excluding diaryl/α,β-unsaturated/α-hetero) is 1. The van der Waals surface area contributed by atoms with Crippen LogP contribution in [0.15, 0.2) is 42.5 Å². The first kappa shape index (κ1) is 16.9. The van der Waals surface area contributed by atoms with Crippen molar-refractivity contribution in [1.82, 2.24) is 0 Å². The number of hydrogen-bond donors (Lipinski definition) is 1. The third-order valence-corrected chi connectivity index (χ3v) is 4.42. The molecule has 25 heavy (non-hydrogen) atoms. The Labute approximate surface area is 146 Å². The van der Waals surface area contributed by atoms with Gasteiger partial charge in [0, 0.05) is 11.3 Å². The summed E-state index contributed by atoms with van der Waals surface area (Å²) in [5.41, 5.74) is 3.66.